The zero-order valence-electron chi connectivity index (χ0n) is 14.5. The summed E-state index contributed by atoms with van der Waals surface area (Å²) in [6.07, 6.45) is 0. The average molecular weight is 383 g/mol. The second-order valence-electron chi connectivity index (χ2n) is 5.42. The Morgan fingerprint density at radius 1 is 1.35 bits per heavy atom. The van der Waals surface area contributed by atoms with Gasteiger partial charge in [-0.2, -0.15) is 0 Å². The number of methoxy groups -OCH3 is 1. The molecule has 0 radical (unpaired) electrons. The highest BCUT2D eigenvalue weighted by atomic mass is 32.2. The van der Waals surface area contributed by atoms with Gasteiger partial charge in [0.2, 0.25) is 10.0 Å². The first-order valence-electron chi connectivity index (χ1n) is 7.93. The maximum Gasteiger partial charge on any atom is 0.337 e. The lowest BCUT2D eigenvalue weighted by Gasteiger charge is -2.16. The number of rotatable bonds is 8. The molecule has 9 nitrogen and oxygen atoms in total. The molecular formula is C16H21N3O6S. The van der Waals surface area contributed by atoms with Crippen LogP contribution in [0.4, 0.5) is 5.69 Å². The van der Waals surface area contributed by atoms with Crippen molar-refractivity contribution >= 4 is 27.6 Å². The fraction of sp³-hybridized carbons (Fsp3) is 0.375. The predicted molar refractivity (Wildman–Crippen MR) is 93.6 cm³/mol. The number of ether oxygens (including phenoxy) is 1. The number of hydrogen-bond donors (Lipinski definition) is 3. The van der Waals surface area contributed by atoms with E-state index in [1.165, 1.54) is 24.1 Å². The molecule has 0 fully saturated rings. The van der Waals surface area contributed by atoms with Crippen LogP contribution in [-0.4, -0.2) is 63.7 Å². The summed E-state index contributed by atoms with van der Waals surface area (Å²) in [6.45, 7) is 1.60. The van der Waals surface area contributed by atoms with E-state index < -0.39 is 21.9 Å². The first kappa shape index (κ1) is 19.9. The number of carbonyl (C=O) groups is 2. The van der Waals surface area contributed by atoms with Gasteiger partial charge in [-0.05, 0) is 12.1 Å². The summed E-state index contributed by atoms with van der Waals surface area (Å²) in [6, 6.07) is 6.05. The van der Waals surface area contributed by atoms with E-state index in [0.29, 0.717) is 0 Å². The molecule has 0 spiro atoms. The van der Waals surface area contributed by atoms with Crippen LogP contribution in [0.3, 0.4) is 0 Å². The van der Waals surface area contributed by atoms with Crippen LogP contribution in [0.2, 0.25) is 0 Å². The molecule has 0 saturated heterocycles. The summed E-state index contributed by atoms with van der Waals surface area (Å²) in [5, 5.41) is 11.8. The molecule has 142 valence electrons. The second kappa shape index (κ2) is 8.30. The molecule has 0 saturated carbocycles. The zero-order chi connectivity index (χ0) is 19.3. The monoisotopic (exact) mass is 383 g/mol. The number of sulfonamides is 1. The molecule has 1 heterocycles. The highest BCUT2D eigenvalue weighted by Crippen LogP contribution is 2.27. The van der Waals surface area contributed by atoms with Crippen LogP contribution in [-0.2, 0) is 24.3 Å². The quantitative estimate of drug-likeness (QED) is 0.524. The average Bonchev–Trinajstić information content (AvgIpc) is 2.91. The number of amides is 1. The van der Waals surface area contributed by atoms with Crippen LogP contribution in [0.1, 0.15) is 6.92 Å². The number of para-hydroxylation sites is 1. The van der Waals surface area contributed by atoms with Crippen LogP contribution >= 0.6 is 0 Å². The third-order valence-corrected chi connectivity index (χ3v) is 5.33. The largest absolute Gasteiger partial charge is 0.466 e. The van der Waals surface area contributed by atoms with Crippen molar-refractivity contribution in [2.45, 2.75) is 11.8 Å². The molecule has 0 bridgehead atoms. The molecule has 1 aromatic carbocycles. The van der Waals surface area contributed by atoms with Gasteiger partial charge in [-0.3, -0.25) is 4.79 Å². The van der Waals surface area contributed by atoms with Gasteiger partial charge in [0, 0.05) is 13.1 Å². The minimum absolute atomic E-state index is 0.0312. The zero-order valence-corrected chi connectivity index (χ0v) is 15.3. The molecular weight excluding hydrogens is 362 g/mol. The number of aliphatic hydroxyl groups is 1. The van der Waals surface area contributed by atoms with E-state index in [0.717, 1.165) is 0 Å². The molecule has 1 aliphatic heterocycles. The minimum Gasteiger partial charge on any atom is -0.466 e. The van der Waals surface area contributed by atoms with Crippen molar-refractivity contribution in [3.8, 4) is 0 Å². The molecule has 2 rings (SSSR count). The summed E-state index contributed by atoms with van der Waals surface area (Å²) in [4.78, 5) is 25.8. The fourth-order valence-electron chi connectivity index (χ4n) is 2.56. The van der Waals surface area contributed by atoms with Gasteiger partial charge in [0.15, 0.2) is 0 Å². The molecule has 26 heavy (non-hydrogen) atoms. The Labute approximate surface area is 151 Å². The maximum atomic E-state index is 12.5. The Kier molecular flexibility index (Phi) is 6.35. The SMILES string of the molecule is CCNS(=O)(=O)c1ccccc1NC1=C(C(=O)OC)CN(CCO)C1=O. The summed E-state index contributed by atoms with van der Waals surface area (Å²) in [7, 11) is -2.59. The Balaban J connectivity index is 2.45. The normalized spacial score (nSPS) is 14.7. The lowest BCUT2D eigenvalue weighted by atomic mass is 10.2. The number of carbonyl (C=O) groups excluding carboxylic acids is 2. The number of nitrogens with zero attached hydrogens (tertiary/aromatic N) is 1. The molecule has 1 amide bonds. The van der Waals surface area contributed by atoms with Crippen molar-refractivity contribution in [1.29, 1.82) is 0 Å². The van der Waals surface area contributed by atoms with Gasteiger partial charge >= 0.3 is 5.97 Å². The van der Waals surface area contributed by atoms with Crippen molar-refractivity contribution in [3.05, 3.63) is 35.5 Å². The van der Waals surface area contributed by atoms with Crippen LogP contribution in [0.25, 0.3) is 0 Å². The smallest absolute Gasteiger partial charge is 0.337 e. The highest BCUT2D eigenvalue weighted by molar-refractivity contribution is 7.89. The summed E-state index contributed by atoms with van der Waals surface area (Å²) in [5.41, 5.74) is 0.162. The highest BCUT2D eigenvalue weighted by Gasteiger charge is 2.35. The molecule has 0 aromatic heterocycles. The number of hydrogen-bond acceptors (Lipinski definition) is 7. The maximum absolute atomic E-state index is 12.5. The van der Waals surface area contributed by atoms with E-state index in [-0.39, 0.29) is 48.1 Å². The predicted octanol–water partition coefficient (Wildman–Crippen LogP) is -0.342. The topological polar surface area (TPSA) is 125 Å². The molecule has 0 atom stereocenters. The summed E-state index contributed by atoms with van der Waals surface area (Å²) < 4.78 is 31.8. The minimum atomic E-state index is -3.78. The van der Waals surface area contributed by atoms with Gasteiger partial charge in [-0.1, -0.05) is 19.1 Å². The van der Waals surface area contributed by atoms with E-state index in [1.54, 1.807) is 19.1 Å². The van der Waals surface area contributed by atoms with Crippen molar-refractivity contribution in [1.82, 2.24) is 9.62 Å². The van der Waals surface area contributed by atoms with E-state index in [4.69, 9.17) is 9.84 Å². The van der Waals surface area contributed by atoms with Gasteiger partial charge in [-0.25, -0.2) is 17.9 Å². The molecule has 1 aromatic rings. The summed E-state index contributed by atoms with van der Waals surface area (Å²) >= 11 is 0. The molecule has 10 heteroatoms. The van der Waals surface area contributed by atoms with Crippen LogP contribution in [0.15, 0.2) is 40.4 Å². The van der Waals surface area contributed by atoms with Gasteiger partial charge in [0.1, 0.15) is 10.6 Å². The lowest BCUT2D eigenvalue weighted by Crippen LogP contribution is -2.31. The Morgan fingerprint density at radius 2 is 2.04 bits per heavy atom. The Bertz CT molecular complexity index is 834. The first-order chi connectivity index (χ1) is 12.4. The number of anilines is 1. The van der Waals surface area contributed by atoms with Crippen LogP contribution < -0.4 is 10.0 Å². The summed E-state index contributed by atoms with van der Waals surface area (Å²) in [5.74, 6) is -1.22. The van der Waals surface area contributed by atoms with Crippen molar-refractivity contribution < 1.29 is 27.9 Å². The third kappa shape index (κ3) is 4.03. The van der Waals surface area contributed by atoms with Crippen molar-refractivity contribution in [3.63, 3.8) is 0 Å². The second-order valence-corrected chi connectivity index (χ2v) is 7.15. The van der Waals surface area contributed by atoms with E-state index in [1.807, 2.05) is 0 Å². The molecule has 1 aliphatic rings. The number of esters is 1. The number of benzene rings is 1. The number of β-amino-alcohol motifs (C(OH)–C–C–N with tert-alkyl or cyclic N) is 1. The van der Waals surface area contributed by atoms with E-state index >= 15 is 0 Å². The van der Waals surface area contributed by atoms with Gasteiger partial charge in [0.05, 0.1) is 31.5 Å². The fourth-order valence-corrected chi connectivity index (χ4v) is 3.76. The Morgan fingerprint density at radius 3 is 2.65 bits per heavy atom. The standard InChI is InChI=1S/C16H21N3O6S/c1-3-17-26(23,24)13-7-5-4-6-12(13)18-14-11(16(22)25-2)10-19(8-9-20)15(14)21/h4-7,17-18,20H,3,8-10H2,1-2H3. The van der Waals surface area contributed by atoms with E-state index in [9.17, 15) is 18.0 Å². The molecule has 0 aliphatic carbocycles. The van der Waals surface area contributed by atoms with Crippen LogP contribution in [0, 0.1) is 0 Å². The first-order valence-corrected chi connectivity index (χ1v) is 9.41. The van der Waals surface area contributed by atoms with Crippen LogP contribution in [0.5, 0.6) is 0 Å². The number of aliphatic hydroxyl groups excluding tert-OH is 1. The van der Waals surface area contributed by atoms with Gasteiger partial charge in [-0.15, -0.1) is 0 Å². The van der Waals surface area contributed by atoms with Gasteiger partial charge < -0.3 is 20.1 Å². The van der Waals surface area contributed by atoms with Gasteiger partial charge in [0.25, 0.3) is 5.91 Å². The third-order valence-electron chi connectivity index (χ3n) is 3.72. The van der Waals surface area contributed by atoms with E-state index in [2.05, 4.69) is 10.0 Å². The number of nitrogens with one attached hydrogen (secondary N) is 2. The van der Waals surface area contributed by atoms with Crippen molar-refractivity contribution in [2.75, 3.05) is 38.7 Å². The lowest BCUT2D eigenvalue weighted by molar-refractivity contribution is -0.136. The Hall–Kier alpha value is -2.43. The van der Waals surface area contributed by atoms with Crippen molar-refractivity contribution in [2.24, 2.45) is 0 Å². The molecule has 3 N–H and O–H groups in total. The molecule has 0 unspecified atom stereocenters.